The lowest BCUT2D eigenvalue weighted by atomic mass is 9.59. The van der Waals surface area contributed by atoms with Gasteiger partial charge in [-0.1, -0.05) is 12.8 Å². The first-order valence-electron chi connectivity index (χ1n) is 8.44. The Bertz CT molecular complexity index is 368. The Morgan fingerprint density at radius 2 is 1.70 bits per heavy atom. The van der Waals surface area contributed by atoms with Crippen molar-refractivity contribution in [1.29, 1.82) is 0 Å². The minimum absolute atomic E-state index is 0.193. The molecule has 3 aliphatic carbocycles. The summed E-state index contributed by atoms with van der Waals surface area (Å²) in [6.45, 7) is 0. The molecule has 0 saturated heterocycles. The first-order valence-corrected chi connectivity index (χ1v) is 9.31. The van der Waals surface area contributed by atoms with Gasteiger partial charge in [0.2, 0.25) is 0 Å². The highest BCUT2D eigenvalue weighted by Gasteiger charge is 2.43. The van der Waals surface area contributed by atoms with Crippen LogP contribution in [0.25, 0.3) is 0 Å². The van der Waals surface area contributed by atoms with Gasteiger partial charge >= 0.3 is 0 Å². The fraction of sp³-hybridized carbons (Fsp3) is 0.941. The summed E-state index contributed by atoms with van der Waals surface area (Å²) in [5.41, 5.74) is 1.51. The van der Waals surface area contributed by atoms with E-state index in [-0.39, 0.29) is 10.8 Å². The topological polar surface area (TPSA) is 12.4 Å². The molecule has 3 heteroatoms. The van der Waals surface area contributed by atoms with Crippen molar-refractivity contribution in [3.63, 3.8) is 0 Å². The number of halogens is 2. The van der Waals surface area contributed by atoms with E-state index >= 15 is 0 Å². The molecule has 0 bridgehead atoms. The molecule has 3 rings (SSSR count). The number of fused-ring (bicyclic) bond motifs is 1. The van der Waals surface area contributed by atoms with Crippen LogP contribution in [0.5, 0.6) is 0 Å². The zero-order valence-electron chi connectivity index (χ0n) is 12.5. The van der Waals surface area contributed by atoms with Crippen LogP contribution >= 0.6 is 23.2 Å². The molecule has 0 spiro atoms. The van der Waals surface area contributed by atoms with Crippen LogP contribution in [-0.4, -0.2) is 23.5 Å². The summed E-state index contributed by atoms with van der Waals surface area (Å²) in [6.07, 6.45) is 11.7. The van der Waals surface area contributed by atoms with Gasteiger partial charge in [0.05, 0.1) is 5.38 Å². The second-order valence-electron chi connectivity index (χ2n) is 7.08. The molecule has 0 amide bonds. The van der Waals surface area contributed by atoms with Crippen molar-refractivity contribution in [2.24, 2.45) is 28.7 Å². The van der Waals surface area contributed by atoms with Crippen molar-refractivity contribution in [2.45, 2.75) is 68.5 Å². The van der Waals surface area contributed by atoms with Gasteiger partial charge in [0.25, 0.3) is 0 Å². The molecule has 3 aliphatic rings. The highest BCUT2D eigenvalue weighted by molar-refractivity contribution is 6.30. The van der Waals surface area contributed by atoms with Crippen LogP contribution in [-0.2, 0) is 0 Å². The van der Waals surface area contributed by atoms with Gasteiger partial charge in [-0.05, 0) is 68.6 Å². The third kappa shape index (κ3) is 2.90. The van der Waals surface area contributed by atoms with Crippen molar-refractivity contribution in [2.75, 3.05) is 7.05 Å². The van der Waals surface area contributed by atoms with Crippen LogP contribution in [0.2, 0.25) is 0 Å². The lowest BCUT2D eigenvalue weighted by molar-refractivity contribution is 0.102. The standard InChI is InChI=1S/C17H27Cl2N/c1-20-17-9-7-12(13-4-2-3-5-14(13)17)11-6-8-15(18)16(19)10-11/h11-16H,2-10H2,1H3/t11?,12-,13?,14?,15?,16?/m0/s1. The normalized spacial score (nSPS) is 48.0. The van der Waals surface area contributed by atoms with E-state index in [9.17, 15) is 0 Å². The maximum Gasteiger partial charge on any atom is 0.0502 e. The number of hydrogen-bond acceptors (Lipinski definition) is 1. The molecule has 0 aromatic rings. The molecule has 0 aromatic carbocycles. The second-order valence-corrected chi connectivity index (χ2v) is 8.20. The maximum absolute atomic E-state index is 6.46. The Labute approximate surface area is 133 Å². The number of nitrogens with zero attached hydrogens (tertiary/aromatic N) is 1. The Morgan fingerprint density at radius 3 is 2.45 bits per heavy atom. The van der Waals surface area contributed by atoms with E-state index in [2.05, 4.69) is 4.99 Å². The molecule has 0 heterocycles. The van der Waals surface area contributed by atoms with Crippen LogP contribution in [0.4, 0.5) is 0 Å². The Balaban J connectivity index is 1.73. The maximum atomic E-state index is 6.46. The van der Waals surface area contributed by atoms with Crippen LogP contribution in [0.3, 0.4) is 0 Å². The molecule has 3 fully saturated rings. The molecule has 3 saturated carbocycles. The first kappa shape index (κ1) is 15.2. The second kappa shape index (κ2) is 6.57. The minimum Gasteiger partial charge on any atom is -0.297 e. The number of hydrogen-bond donors (Lipinski definition) is 0. The smallest absolute Gasteiger partial charge is 0.0502 e. The zero-order valence-corrected chi connectivity index (χ0v) is 14.0. The van der Waals surface area contributed by atoms with E-state index in [1.165, 1.54) is 50.7 Å². The summed E-state index contributed by atoms with van der Waals surface area (Å²) in [6, 6.07) is 0. The van der Waals surface area contributed by atoms with E-state index in [1.807, 2.05) is 7.05 Å². The van der Waals surface area contributed by atoms with Gasteiger partial charge in [-0.3, -0.25) is 4.99 Å². The zero-order chi connectivity index (χ0) is 14.1. The van der Waals surface area contributed by atoms with Crippen molar-refractivity contribution in [1.82, 2.24) is 0 Å². The van der Waals surface area contributed by atoms with Gasteiger partial charge < -0.3 is 0 Å². The van der Waals surface area contributed by atoms with Crippen molar-refractivity contribution in [3.8, 4) is 0 Å². The molecular weight excluding hydrogens is 289 g/mol. The van der Waals surface area contributed by atoms with E-state index in [0.717, 1.165) is 36.5 Å². The van der Waals surface area contributed by atoms with E-state index in [4.69, 9.17) is 23.2 Å². The molecule has 6 atom stereocenters. The molecule has 20 heavy (non-hydrogen) atoms. The number of aliphatic imine (C=N–C) groups is 1. The van der Waals surface area contributed by atoms with Gasteiger partial charge in [-0.2, -0.15) is 0 Å². The average Bonchev–Trinajstić information content (AvgIpc) is 2.49. The van der Waals surface area contributed by atoms with E-state index < -0.39 is 0 Å². The van der Waals surface area contributed by atoms with Crippen LogP contribution in [0.1, 0.15) is 57.8 Å². The molecule has 0 aliphatic heterocycles. The summed E-state index contributed by atoms with van der Waals surface area (Å²) in [7, 11) is 1.99. The largest absolute Gasteiger partial charge is 0.297 e. The predicted molar refractivity (Wildman–Crippen MR) is 88.2 cm³/mol. The minimum atomic E-state index is 0.193. The third-order valence-corrected chi connectivity index (χ3v) is 7.29. The average molecular weight is 316 g/mol. The molecule has 1 nitrogen and oxygen atoms in total. The van der Waals surface area contributed by atoms with E-state index in [0.29, 0.717) is 0 Å². The molecule has 0 N–H and O–H groups in total. The van der Waals surface area contributed by atoms with E-state index in [1.54, 1.807) is 0 Å². The first-order chi connectivity index (χ1) is 9.70. The Morgan fingerprint density at radius 1 is 0.900 bits per heavy atom. The van der Waals surface area contributed by atoms with Crippen LogP contribution in [0.15, 0.2) is 4.99 Å². The van der Waals surface area contributed by atoms with Gasteiger partial charge in [-0.15, -0.1) is 23.2 Å². The summed E-state index contributed by atoms with van der Waals surface area (Å²) in [5.74, 6) is 3.37. The molecule has 0 radical (unpaired) electrons. The predicted octanol–water partition coefficient (Wildman–Crippen LogP) is 5.29. The van der Waals surface area contributed by atoms with Crippen LogP contribution < -0.4 is 0 Å². The summed E-state index contributed by atoms with van der Waals surface area (Å²) in [4.78, 5) is 4.61. The molecule has 114 valence electrons. The third-order valence-electron chi connectivity index (χ3n) is 6.16. The Hall–Kier alpha value is 0.250. The molecular formula is C17H27Cl2N. The van der Waals surface area contributed by atoms with Crippen LogP contribution in [0, 0.1) is 23.7 Å². The summed E-state index contributed by atoms with van der Waals surface area (Å²) < 4.78 is 0. The summed E-state index contributed by atoms with van der Waals surface area (Å²) in [5, 5.41) is 0.394. The van der Waals surface area contributed by atoms with Crippen molar-refractivity contribution >= 4 is 28.9 Å². The highest BCUT2D eigenvalue weighted by atomic mass is 35.5. The Kier molecular flexibility index (Phi) is 4.98. The number of alkyl halides is 2. The van der Waals surface area contributed by atoms with Gasteiger partial charge in [0.1, 0.15) is 0 Å². The summed E-state index contributed by atoms with van der Waals surface area (Å²) >= 11 is 12.8. The van der Waals surface area contributed by atoms with Crippen molar-refractivity contribution < 1.29 is 0 Å². The quantitative estimate of drug-likeness (QED) is 0.583. The monoisotopic (exact) mass is 315 g/mol. The lowest BCUT2D eigenvalue weighted by Gasteiger charge is -2.47. The van der Waals surface area contributed by atoms with Gasteiger partial charge in [0, 0.05) is 18.1 Å². The fourth-order valence-electron chi connectivity index (χ4n) is 5.16. The van der Waals surface area contributed by atoms with Gasteiger partial charge in [0.15, 0.2) is 0 Å². The van der Waals surface area contributed by atoms with Crippen molar-refractivity contribution in [3.05, 3.63) is 0 Å². The highest BCUT2D eigenvalue weighted by Crippen LogP contribution is 2.49. The fourth-order valence-corrected chi connectivity index (χ4v) is 5.74. The lowest BCUT2D eigenvalue weighted by Crippen LogP contribution is -2.42. The number of rotatable bonds is 1. The SMILES string of the molecule is CN=C1CC[C@@H](C2CCC(Cl)C(Cl)C2)C2CCCCC12. The molecule has 5 unspecified atom stereocenters. The molecule has 0 aromatic heterocycles. The van der Waals surface area contributed by atoms with Gasteiger partial charge in [-0.25, -0.2) is 0 Å².